The third kappa shape index (κ3) is 2.14. The summed E-state index contributed by atoms with van der Waals surface area (Å²) in [7, 11) is 2.48. The van der Waals surface area contributed by atoms with Crippen LogP contribution in [-0.4, -0.2) is 22.5 Å². The molecule has 1 atom stereocenters. The molecule has 2 aromatic rings. The summed E-state index contributed by atoms with van der Waals surface area (Å²) in [4.78, 5) is 6.74. The van der Waals surface area contributed by atoms with Gasteiger partial charge in [-0.2, -0.15) is 0 Å². The van der Waals surface area contributed by atoms with Crippen molar-refractivity contribution in [1.29, 1.82) is 0 Å². The van der Waals surface area contributed by atoms with Gasteiger partial charge in [-0.1, -0.05) is 11.6 Å². The lowest BCUT2D eigenvalue weighted by Crippen LogP contribution is -2.59. The van der Waals surface area contributed by atoms with Gasteiger partial charge in [-0.05, 0) is 107 Å². The molecular weight excluding hydrogens is 316 g/mol. The van der Waals surface area contributed by atoms with E-state index in [1.54, 1.807) is 11.3 Å². The first-order chi connectivity index (χ1) is 12.6. The molecule has 1 heterocycles. The molecule has 0 spiro atoms. The van der Waals surface area contributed by atoms with Crippen LogP contribution < -0.4 is 0 Å². The summed E-state index contributed by atoms with van der Waals surface area (Å²) in [6.07, 6.45) is 13.0. The topological polar surface area (TPSA) is 19.0 Å². The van der Waals surface area contributed by atoms with Crippen LogP contribution in [0, 0.1) is 24.7 Å². The molecule has 0 amide bonds. The number of hydrogen-bond donors (Lipinski definition) is 1. The Kier molecular flexibility index (Phi) is 3.26. The Morgan fingerprint density at radius 3 is 2.42 bits per heavy atom. The minimum atomic E-state index is 0.501. The molecule has 1 N–H and O–H groups in total. The van der Waals surface area contributed by atoms with Gasteiger partial charge in [0.15, 0.2) is 0 Å². The average Bonchev–Trinajstić information content (AvgIpc) is 2.98. The molecule has 138 valence electrons. The molecule has 4 fully saturated rings. The number of benzene rings is 1. The van der Waals surface area contributed by atoms with Gasteiger partial charge in [0.2, 0.25) is 0 Å². The van der Waals surface area contributed by atoms with Crippen molar-refractivity contribution in [2.24, 2.45) is 17.8 Å². The third-order valence-electron chi connectivity index (χ3n) is 8.55. The van der Waals surface area contributed by atoms with Gasteiger partial charge in [0, 0.05) is 22.1 Å². The second-order valence-electron chi connectivity index (χ2n) is 10.2. The van der Waals surface area contributed by atoms with Crippen molar-refractivity contribution in [2.45, 2.75) is 76.3 Å². The number of aryl methyl sites for hydroxylation is 2. The normalized spacial score (nSPS) is 38.3. The van der Waals surface area contributed by atoms with Gasteiger partial charge >= 0.3 is 0 Å². The Bertz CT molecular complexity index is 825. The lowest BCUT2D eigenvalue weighted by Gasteiger charge is -2.61. The number of fused-ring (bicyclic) bond motifs is 3. The first kappa shape index (κ1) is 15.7. The summed E-state index contributed by atoms with van der Waals surface area (Å²) >= 11 is 0. The summed E-state index contributed by atoms with van der Waals surface area (Å²) < 4.78 is 0. The Labute approximate surface area is 157 Å². The van der Waals surface area contributed by atoms with E-state index in [9.17, 15) is 0 Å². The van der Waals surface area contributed by atoms with E-state index in [1.165, 1.54) is 74.3 Å². The monoisotopic (exact) mass is 348 g/mol. The zero-order valence-electron chi connectivity index (χ0n) is 16.4. The molecule has 0 saturated heterocycles. The van der Waals surface area contributed by atoms with E-state index in [1.807, 2.05) is 0 Å². The molecule has 2 heteroatoms. The van der Waals surface area contributed by atoms with Crippen molar-refractivity contribution in [2.75, 3.05) is 7.05 Å². The number of aromatic nitrogens is 1. The highest BCUT2D eigenvalue weighted by Gasteiger charge is 2.54. The molecule has 1 aromatic carbocycles. The molecule has 4 saturated carbocycles. The van der Waals surface area contributed by atoms with Crippen LogP contribution in [0.3, 0.4) is 0 Å². The van der Waals surface area contributed by atoms with E-state index in [0.717, 1.165) is 17.8 Å². The van der Waals surface area contributed by atoms with Crippen LogP contribution >= 0.6 is 0 Å². The molecule has 2 nitrogen and oxygen atoms in total. The van der Waals surface area contributed by atoms with Gasteiger partial charge in [0.1, 0.15) is 0 Å². The van der Waals surface area contributed by atoms with Crippen LogP contribution in [0.25, 0.3) is 10.9 Å². The minimum Gasteiger partial charge on any atom is -0.357 e. The zero-order chi connectivity index (χ0) is 17.5. The first-order valence-electron chi connectivity index (χ1n) is 11.0. The largest absolute Gasteiger partial charge is 0.357 e. The second kappa shape index (κ2) is 5.38. The van der Waals surface area contributed by atoms with Crippen LogP contribution in [0.5, 0.6) is 0 Å². The fraction of sp³-hybridized carbons (Fsp3) is 0.667. The van der Waals surface area contributed by atoms with Crippen molar-refractivity contribution < 1.29 is 0 Å². The van der Waals surface area contributed by atoms with Crippen LogP contribution in [0.2, 0.25) is 0 Å². The highest BCUT2D eigenvalue weighted by molar-refractivity contribution is 5.85. The van der Waals surface area contributed by atoms with E-state index in [-0.39, 0.29) is 0 Å². The van der Waals surface area contributed by atoms with Gasteiger partial charge in [-0.3, -0.25) is 4.90 Å². The quantitative estimate of drug-likeness (QED) is 0.731. The average molecular weight is 349 g/mol. The Balaban J connectivity index is 1.41. The van der Waals surface area contributed by atoms with E-state index in [0.29, 0.717) is 11.6 Å². The smallest absolute Gasteiger partial charge is 0.0504 e. The molecular formula is C24H32N2. The third-order valence-corrected chi connectivity index (χ3v) is 8.55. The number of rotatable bonds is 2. The predicted molar refractivity (Wildman–Crippen MR) is 107 cm³/mol. The zero-order valence-corrected chi connectivity index (χ0v) is 16.4. The number of nitrogens with zero attached hydrogens (tertiary/aromatic N) is 1. The molecule has 4 bridgehead atoms. The van der Waals surface area contributed by atoms with Crippen molar-refractivity contribution in [3.63, 3.8) is 0 Å². The first-order valence-corrected chi connectivity index (χ1v) is 11.0. The molecule has 0 aliphatic heterocycles. The van der Waals surface area contributed by atoms with Gasteiger partial charge in [-0.15, -0.1) is 0 Å². The summed E-state index contributed by atoms with van der Waals surface area (Å²) in [5.41, 5.74) is 6.41. The van der Waals surface area contributed by atoms with Crippen molar-refractivity contribution in [3.8, 4) is 0 Å². The fourth-order valence-corrected chi connectivity index (χ4v) is 7.77. The maximum absolute atomic E-state index is 3.86. The van der Waals surface area contributed by atoms with E-state index in [4.69, 9.17) is 0 Å². The minimum absolute atomic E-state index is 0.501. The van der Waals surface area contributed by atoms with Gasteiger partial charge < -0.3 is 4.98 Å². The lowest BCUT2D eigenvalue weighted by atomic mass is 9.52. The second-order valence-corrected chi connectivity index (χ2v) is 10.2. The molecule has 0 radical (unpaired) electrons. The highest BCUT2D eigenvalue weighted by Crippen LogP contribution is 2.59. The highest BCUT2D eigenvalue weighted by atomic mass is 15.2. The Morgan fingerprint density at radius 2 is 1.73 bits per heavy atom. The number of H-pyrrole nitrogens is 1. The van der Waals surface area contributed by atoms with E-state index < -0.39 is 0 Å². The van der Waals surface area contributed by atoms with Gasteiger partial charge in [-0.25, -0.2) is 0 Å². The van der Waals surface area contributed by atoms with E-state index >= 15 is 0 Å². The molecule has 5 aliphatic rings. The van der Waals surface area contributed by atoms with Crippen molar-refractivity contribution >= 4 is 10.9 Å². The number of hydrogen-bond acceptors (Lipinski definition) is 1. The molecule has 1 unspecified atom stereocenters. The van der Waals surface area contributed by atoms with Gasteiger partial charge in [0.05, 0.1) is 6.04 Å². The van der Waals surface area contributed by atoms with Crippen LogP contribution in [-0.2, 0) is 6.42 Å². The summed E-state index contributed by atoms with van der Waals surface area (Å²) in [6, 6.07) is 7.55. The molecule has 1 aromatic heterocycles. The van der Waals surface area contributed by atoms with Crippen LogP contribution in [0.1, 0.15) is 74.2 Å². The lowest BCUT2D eigenvalue weighted by molar-refractivity contribution is -0.0969. The number of nitrogens with one attached hydrogen (secondary N) is 1. The maximum atomic E-state index is 3.86. The summed E-state index contributed by atoms with van der Waals surface area (Å²) in [6.45, 7) is 2.22. The molecule has 26 heavy (non-hydrogen) atoms. The van der Waals surface area contributed by atoms with Gasteiger partial charge in [0.25, 0.3) is 0 Å². The molecule has 5 aliphatic carbocycles. The SMILES string of the molecule is Cc1ccc2[nH]c3c(c2c1)CCCC3N(C)C12CC3CC(CC(C3)C1)C2. The number of aromatic amines is 1. The van der Waals surface area contributed by atoms with Crippen molar-refractivity contribution in [3.05, 3.63) is 35.0 Å². The van der Waals surface area contributed by atoms with Crippen LogP contribution in [0.4, 0.5) is 0 Å². The predicted octanol–water partition coefficient (Wildman–Crippen LogP) is 5.75. The molecule has 7 rings (SSSR count). The standard InChI is InChI=1S/C24H32N2/c1-15-6-7-21-20(8-15)19-4-3-5-22(23(19)25-21)26(2)24-12-16-9-17(13-24)11-18(10-16)14-24/h6-8,16-18,22,25H,3-5,9-14H2,1-2H3. The Hall–Kier alpha value is -1.28. The van der Waals surface area contributed by atoms with Crippen LogP contribution in [0.15, 0.2) is 18.2 Å². The maximum Gasteiger partial charge on any atom is 0.0504 e. The summed E-state index contributed by atoms with van der Waals surface area (Å²) in [5, 5.41) is 1.49. The fourth-order valence-electron chi connectivity index (χ4n) is 7.77. The Morgan fingerprint density at radius 1 is 1.04 bits per heavy atom. The van der Waals surface area contributed by atoms with Crippen molar-refractivity contribution in [1.82, 2.24) is 9.88 Å². The summed E-state index contributed by atoms with van der Waals surface area (Å²) in [5.74, 6) is 3.08. The van der Waals surface area contributed by atoms with E-state index in [2.05, 4.69) is 42.1 Å².